The highest BCUT2D eigenvalue weighted by atomic mass is 35.5. The normalized spacial score (nSPS) is 11.6. The first kappa shape index (κ1) is 8.08. The van der Waals surface area contributed by atoms with Crippen molar-refractivity contribution >= 4 is 17.3 Å². The number of nitrogens with zero attached hydrogens (tertiary/aromatic N) is 1. The molecular formula is C8H9ClN2. The first-order valence-corrected chi connectivity index (χ1v) is 3.62. The number of nitrogens with two attached hydrogens (primary N) is 1. The molecule has 0 amide bonds. The van der Waals surface area contributed by atoms with Gasteiger partial charge in [-0.15, -0.1) is 0 Å². The van der Waals surface area contributed by atoms with E-state index in [0.717, 1.165) is 11.3 Å². The number of rotatable bonds is 1. The van der Waals surface area contributed by atoms with Gasteiger partial charge < -0.3 is 5.84 Å². The van der Waals surface area contributed by atoms with Crippen LogP contribution in [-0.4, -0.2) is 5.71 Å². The second-order valence-electron chi connectivity index (χ2n) is 2.22. The third-order valence-electron chi connectivity index (χ3n) is 1.44. The third kappa shape index (κ3) is 1.95. The molecule has 0 fully saturated rings. The lowest BCUT2D eigenvalue weighted by Gasteiger charge is -1.97. The summed E-state index contributed by atoms with van der Waals surface area (Å²) >= 11 is 5.75. The largest absolute Gasteiger partial charge is 0.323 e. The summed E-state index contributed by atoms with van der Waals surface area (Å²) in [6, 6.07) is 7.42. The van der Waals surface area contributed by atoms with E-state index < -0.39 is 0 Å². The molecule has 0 heterocycles. The van der Waals surface area contributed by atoms with E-state index in [9.17, 15) is 0 Å². The van der Waals surface area contributed by atoms with Gasteiger partial charge in [0.25, 0.3) is 0 Å². The van der Waals surface area contributed by atoms with Gasteiger partial charge in [-0.1, -0.05) is 23.7 Å². The second kappa shape index (κ2) is 3.39. The van der Waals surface area contributed by atoms with Gasteiger partial charge in [0.1, 0.15) is 0 Å². The molecule has 0 aromatic heterocycles. The molecule has 0 aliphatic carbocycles. The minimum Gasteiger partial charge on any atom is -0.323 e. The number of hydrogen-bond acceptors (Lipinski definition) is 2. The van der Waals surface area contributed by atoms with Crippen molar-refractivity contribution in [2.45, 2.75) is 6.92 Å². The van der Waals surface area contributed by atoms with Crippen molar-refractivity contribution in [3.05, 3.63) is 34.9 Å². The van der Waals surface area contributed by atoms with E-state index >= 15 is 0 Å². The van der Waals surface area contributed by atoms with Gasteiger partial charge in [0, 0.05) is 5.02 Å². The van der Waals surface area contributed by atoms with Crippen LogP contribution in [0.4, 0.5) is 0 Å². The molecule has 0 saturated heterocycles. The summed E-state index contributed by atoms with van der Waals surface area (Å²) in [5.74, 6) is 5.10. The van der Waals surface area contributed by atoms with E-state index in [-0.39, 0.29) is 0 Å². The lowest BCUT2D eigenvalue weighted by Crippen LogP contribution is -1.97. The summed E-state index contributed by atoms with van der Waals surface area (Å²) in [5, 5.41) is 4.26. The Morgan fingerprint density at radius 2 is 2.27 bits per heavy atom. The van der Waals surface area contributed by atoms with E-state index in [1.54, 1.807) is 0 Å². The molecule has 11 heavy (non-hydrogen) atoms. The van der Waals surface area contributed by atoms with E-state index in [4.69, 9.17) is 17.4 Å². The van der Waals surface area contributed by atoms with Crippen LogP contribution in [0.1, 0.15) is 12.5 Å². The average Bonchev–Trinajstić information content (AvgIpc) is 2.03. The maximum Gasteiger partial charge on any atom is 0.0642 e. The Morgan fingerprint density at radius 3 is 2.82 bits per heavy atom. The highest BCUT2D eigenvalue weighted by molar-refractivity contribution is 6.31. The lowest BCUT2D eigenvalue weighted by molar-refractivity contribution is 1.24. The molecule has 3 heteroatoms. The van der Waals surface area contributed by atoms with E-state index in [1.165, 1.54) is 0 Å². The van der Waals surface area contributed by atoms with Crippen LogP contribution in [-0.2, 0) is 0 Å². The highest BCUT2D eigenvalue weighted by Gasteiger charge is 1.95. The van der Waals surface area contributed by atoms with Crippen molar-refractivity contribution in [2.24, 2.45) is 10.9 Å². The topological polar surface area (TPSA) is 38.4 Å². The summed E-state index contributed by atoms with van der Waals surface area (Å²) < 4.78 is 0. The van der Waals surface area contributed by atoms with Gasteiger partial charge >= 0.3 is 0 Å². The Morgan fingerprint density at radius 1 is 1.55 bits per heavy atom. The molecule has 0 saturated carbocycles. The summed E-state index contributed by atoms with van der Waals surface area (Å²) in [4.78, 5) is 0. The standard InChI is InChI=1S/C8H9ClN2/c1-6(11-10)7-3-2-4-8(9)5-7/h2-5H,10H2,1H3. The Bertz CT molecular complexity index is 281. The summed E-state index contributed by atoms with van der Waals surface area (Å²) in [7, 11) is 0. The molecule has 1 aromatic rings. The summed E-state index contributed by atoms with van der Waals surface area (Å²) in [6.45, 7) is 1.84. The van der Waals surface area contributed by atoms with E-state index in [1.807, 2.05) is 31.2 Å². The number of hydrogen-bond donors (Lipinski definition) is 1. The smallest absolute Gasteiger partial charge is 0.0642 e. The Labute approximate surface area is 70.7 Å². The van der Waals surface area contributed by atoms with Crippen LogP contribution in [0.2, 0.25) is 5.02 Å². The summed E-state index contributed by atoms with van der Waals surface area (Å²) in [5.41, 5.74) is 1.74. The van der Waals surface area contributed by atoms with E-state index in [0.29, 0.717) is 5.02 Å². The maximum absolute atomic E-state index is 5.75. The molecule has 58 valence electrons. The van der Waals surface area contributed by atoms with Crippen molar-refractivity contribution in [2.75, 3.05) is 0 Å². The molecule has 2 nitrogen and oxygen atoms in total. The molecule has 0 atom stereocenters. The van der Waals surface area contributed by atoms with Crippen LogP contribution in [0, 0.1) is 0 Å². The fourth-order valence-electron chi connectivity index (χ4n) is 0.788. The van der Waals surface area contributed by atoms with Crippen molar-refractivity contribution in [1.82, 2.24) is 0 Å². The van der Waals surface area contributed by atoms with Crippen LogP contribution in [0.15, 0.2) is 29.4 Å². The molecule has 0 bridgehead atoms. The monoisotopic (exact) mass is 168 g/mol. The van der Waals surface area contributed by atoms with Gasteiger partial charge in [-0.3, -0.25) is 0 Å². The fourth-order valence-corrected chi connectivity index (χ4v) is 0.978. The minimum atomic E-state index is 0.700. The predicted molar refractivity (Wildman–Crippen MR) is 47.9 cm³/mol. The molecule has 0 aliphatic heterocycles. The van der Waals surface area contributed by atoms with Gasteiger partial charge in [0.05, 0.1) is 5.71 Å². The van der Waals surface area contributed by atoms with Crippen LogP contribution < -0.4 is 5.84 Å². The van der Waals surface area contributed by atoms with Crippen LogP contribution >= 0.6 is 11.6 Å². The van der Waals surface area contributed by atoms with Crippen molar-refractivity contribution in [1.29, 1.82) is 0 Å². The molecule has 0 unspecified atom stereocenters. The molecular weight excluding hydrogens is 160 g/mol. The quantitative estimate of drug-likeness (QED) is 0.389. The maximum atomic E-state index is 5.75. The highest BCUT2D eigenvalue weighted by Crippen LogP contribution is 2.10. The first-order valence-electron chi connectivity index (χ1n) is 3.24. The average molecular weight is 169 g/mol. The number of benzene rings is 1. The molecule has 2 N–H and O–H groups in total. The Hall–Kier alpha value is -1.02. The molecule has 0 radical (unpaired) electrons. The van der Waals surface area contributed by atoms with Gasteiger partial charge in [-0.25, -0.2) is 0 Å². The van der Waals surface area contributed by atoms with Gasteiger partial charge in [-0.05, 0) is 24.6 Å². The SMILES string of the molecule is CC(=NN)c1cccc(Cl)c1. The number of hydrazone groups is 1. The van der Waals surface area contributed by atoms with Gasteiger partial charge in [0.2, 0.25) is 0 Å². The zero-order chi connectivity index (χ0) is 8.27. The Kier molecular flexibility index (Phi) is 2.49. The zero-order valence-electron chi connectivity index (χ0n) is 6.21. The predicted octanol–water partition coefficient (Wildman–Crippen LogP) is 2.02. The minimum absolute atomic E-state index is 0.700. The molecule has 0 spiro atoms. The van der Waals surface area contributed by atoms with Gasteiger partial charge in [-0.2, -0.15) is 5.10 Å². The van der Waals surface area contributed by atoms with E-state index in [2.05, 4.69) is 5.10 Å². The molecule has 1 aromatic carbocycles. The van der Waals surface area contributed by atoms with Crippen LogP contribution in [0.25, 0.3) is 0 Å². The third-order valence-corrected chi connectivity index (χ3v) is 1.67. The van der Waals surface area contributed by atoms with Crippen LogP contribution in [0.3, 0.4) is 0 Å². The van der Waals surface area contributed by atoms with Crippen LogP contribution in [0.5, 0.6) is 0 Å². The Balaban J connectivity index is 3.06. The van der Waals surface area contributed by atoms with Crippen molar-refractivity contribution < 1.29 is 0 Å². The first-order chi connectivity index (χ1) is 5.24. The summed E-state index contributed by atoms with van der Waals surface area (Å²) in [6.07, 6.45) is 0. The zero-order valence-corrected chi connectivity index (χ0v) is 6.97. The van der Waals surface area contributed by atoms with Gasteiger partial charge in [0.15, 0.2) is 0 Å². The van der Waals surface area contributed by atoms with Crippen molar-refractivity contribution in [3.8, 4) is 0 Å². The fraction of sp³-hybridized carbons (Fsp3) is 0.125. The molecule has 1 rings (SSSR count). The number of halogens is 1. The second-order valence-corrected chi connectivity index (χ2v) is 2.66. The molecule has 0 aliphatic rings. The van der Waals surface area contributed by atoms with Crippen molar-refractivity contribution in [3.63, 3.8) is 0 Å². The lowest BCUT2D eigenvalue weighted by atomic mass is 10.1.